The second kappa shape index (κ2) is 6.68. The third-order valence-corrected chi connectivity index (χ3v) is 3.46. The van der Waals surface area contributed by atoms with Crippen molar-refractivity contribution in [3.63, 3.8) is 0 Å². The SMILES string of the molecule is Cc1ccccc1C(O)CNC(=O)CNCC1CC1. The molecule has 1 aromatic carbocycles. The lowest BCUT2D eigenvalue weighted by Crippen LogP contribution is -2.36. The summed E-state index contributed by atoms with van der Waals surface area (Å²) in [5.41, 5.74) is 1.91. The maximum absolute atomic E-state index is 11.6. The van der Waals surface area contributed by atoms with E-state index in [2.05, 4.69) is 10.6 Å². The standard InChI is InChI=1S/C15H22N2O2/c1-11-4-2-3-5-13(11)14(18)9-17-15(19)10-16-8-12-6-7-12/h2-5,12,14,16,18H,6-10H2,1H3,(H,17,19). The zero-order chi connectivity index (χ0) is 13.7. The number of nitrogens with one attached hydrogen (secondary N) is 2. The summed E-state index contributed by atoms with van der Waals surface area (Å²) in [6, 6.07) is 7.67. The number of carbonyl (C=O) groups is 1. The minimum absolute atomic E-state index is 0.0618. The van der Waals surface area contributed by atoms with Crippen LogP contribution in [0.5, 0.6) is 0 Å². The molecule has 3 N–H and O–H groups in total. The van der Waals surface area contributed by atoms with E-state index in [1.165, 1.54) is 12.8 Å². The Labute approximate surface area is 114 Å². The van der Waals surface area contributed by atoms with Crippen molar-refractivity contribution in [2.75, 3.05) is 19.6 Å². The Kier molecular flexibility index (Phi) is 4.93. The lowest BCUT2D eigenvalue weighted by atomic mass is 10.0. The summed E-state index contributed by atoms with van der Waals surface area (Å²) in [5, 5.41) is 15.9. The molecule has 1 aromatic rings. The summed E-state index contributed by atoms with van der Waals surface area (Å²) in [6.45, 7) is 3.47. The second-order valence-electron chi connectivity index (χ2n) is 5.25. The molecule has 0 saturated heterocycles. The highest BCUT2D eigenvalue weighted by atomic mass is 16.3. The summed E-state index contributed by atoms with van der Waals surface area (Å²) in [5.74, 6) is 0.707. The minimum Gasteiger partial charge on any atom is -0.387 e. The molecule has 1 atom stereocenters. The average molecular weight is 262 g/mol. The van der Waals surface area contributed by atoms with Gasteiger partial charge in [-0.1, -0.05) is 24.3 Å². The van der Waals surface area contributed by atoms with Crippen LogP contribution in [0.2, 0.25) is 0 Å². The lowest BCUT2D eigenvalue weighted by molar-refractivity contribution is -0.120. The maximum Gasteiger partial charge on any atom is 0.234 e. The number of hydrogen-bond donors (Lipinski definition) is 3. The molecular weight excluding hydrogens is 240 g/mol. The Hall–Kier alpha value is -1.39. The molecule has 0 radical (unpaired) electrons. The molecule has 1 unspecified atom stereocenters. The van der Waals surface area contributed by atoms with Gasteiger partial charge in [-0.3, -0.25) is 4.79 Å². The van der Waals surface area contributed by atoms with E-state index in [-0.39, 0.29) is 12.5 Å². The number of rotatable bonds is 7. The number of aliphatic hydroxyl groups is 1. The second-order valence-corrected chi connectivity index (χ2v) is 5.25. The predicted octanol–water partition coefficient (Wildman–Crippen LogP) is 1.14. The normalized spacial score (nSPS) is 16.1. The van der Waals surface area contributed by atoms with Gasteiger partial charge in [0, 0.05) is 6.54 Å². The van der Waals surface area contributed by atoms with E-state index < -0.39 is 6.10 Å². The summed E-state index contributed by atoms with van der Waals surface area (Å²) >= 11 is 0. The van der Waals surface area contributed by atoms with E-state index in [1.807, 2.05) is 31.2 Å². The molecule has 1 fully saturated rings. The van der Waals surface area contributed by atoms with Crippen molar-refractivity contribution in [2.24, 2.45) is 5.92 Å². The first-order valence-electron chi connectivity index (χ1n) is 6.88. The Morgan fingerprint density at radius 1 is 1.42 bits per heavy atom. The molecule has 4 nitrogen and oxygen atoms in total. The van der Waals surface area contributed by atoms with Crippen LogP contribution in [0.1, 0.15) is 30.1 Å². The van der Waals surface area contributed by atoms with E-state index in [4.69, 9.17) is 0 Å². The van der Waals surface area contributed by atoms with Crippen LogP contribution >= 0.6 is 0 Å². The fraction of sp³-hybridized carbons (Fsp3) is 0.533. The van der Waals surface area contributed by atoms with Crippen LogP contribution in [0.3, 0.4) is 0 Å². The molecule has 0 spiro atoms. The van der Waals surface area contributed by atoms with Crippen LogP contribution in [0.15, 0.2) is 24.3 Å². The molecule has 4 heteroatoms. The van der Waals surface area contributed by atoms with E-state index >= 15 is 0 Å². The van der Waals surface area contributed by atoms with Gasteiger partial charge in [-0.15, -0.1) is 0 Å². The van der Waals surface area contributed by atoms with Gasteiger partial charge in [-0.25, -0.2) is 0 Å². The molecule has 0 bridgehead atoms. The molecule has 0 heterocycles. The number of hydrogen-bond acceptors (Lipinski definition) is 3. The summed E-state index contributed by atoms with van der Waals surface area (Å²) in [7, 11) is 0. The van der Waals surface area contributed by atoms with Crippen molar-refractivity contribution >= 4 is 5.91 Å². The number of benzene rings is 1. The van der Waals surface area contributed by atoms with E-state index in [0.29, 0.717) is 6.54 Å². The number of amides is 1. The van der Waals surface area contributed by atoms with Crippen molar-refractivity contribution in [3.05, 3.63) is 35.4 Å². The van der Waals surface area contributed by atoms with Gasteiger partial charge < -0.3 is 15.7 Å². The maximum atomic E-state index is 11.6. The van der Waals surface area contributed by atoms with Crippen LogP contribution in [0, 0.1) is 12.8 Å². The quantitative estimate of drug-likeness (QED) is 0.690. The number of aliphatic hydroxyl groups excluding tert-OH is 1. The van der Waals surface area contributed by atoms with Crippen LogP contribution < -0.4 is 10.6 Å². The molecule has 19 heavy (non-hydrogen) atoms. The van der Waals surface area contributed by atoms with Gasteiger partial charge in [0.2, 0.25) is 5.91 Å². The van der Waals surface area contributed by atoms with Gasteiger partial charge in [-0.2, -0.15) is 0 Å². The molecule has 0 aliphatic heterocycles. The van der Waals surface area contributed by atoms with E-state index in [0.717, 1.165) is 23.6 Å². The van der Waals surface area contributed by atoms with E-state index in [1.54, 1.807) is 0 Å². The van der Waals surface area contributed by atoms with Crippen LogP contribution in [-0.2, 0) is 4.79 Å². The van der Waals surface area contributed by atoms with Crippen molar-refractivity contribution in [1.29, 1.82) is 0 Å². The predicted molar refractivity (Wildman–Crippen MR) is 74.7 cm³/mol. The van der Waals surface area contributed by atoms with Gasteiger partial charge in [0.15, 0.2) is 0 Å². The van der Waals surface area contributed by atoms with Crippen molar-refractivity contribution in [1.82, 2.24) is 10.6 Å². The van der Waals surface area contributed by atoms with Gasteiger partial charge in [0.05, 0.1) is 12.6 Å². The minimum atomic E-state index is -0.645. The highest BCUT2D eigenvalue weighted by Crippen LogP contribution is 2.27. The first-order valence-corrected chi connectivity index (χ1v) is 6.88. The van der Waals surface area contributed by atoms with E-state index in [9.17, 15) is 9.90 Å². The Morgan fingerprint density at radius 2 is 2.16 bits per heavy atom. The monoisotopic (exact) mass is 262 g/mol. The fourth-order valence-corrected chi connectivity index (χ4v) is 2.06. The highest BCUT2D eigenvalue weighted by Gasteiger charge is 2.20. The molecule has 1 aliphatic carbocycles. The van der Waals surface area contributed by atoms with Crippen molar-refractivity contribution in [3.8, 4) is 0 Å². The third-order valence-electron chi connectivity index (χ3n) is 3.46. The summed E-state index contributed by atoms with van der Waals surface area (Å²) in [6.07, 6.45) is 1.91. The first kappa shape index (κ1) is 14.0. The summed E-state index contributed by atoms with van der Waals surface area (Å²) < 4.78 is 0. The molecule has 1 amide bonds. The van der Waals surface area contributed by atoms with Gasteiger partial charge in [0.1, 0.15) is 0 Å². The third kappa shape index (κ3) is 4.65. The Balaban J connectivity index is 1.68. The molecular formula is C15H22N2O2. The first-order chi connectivity index (χ1) is 9.16. The molecule has 1 saturated carbocycles. The molecule has 2 rings (SSSR count). The molecule has 0 aromatic heterocycles. The zero-order valence-electron chi connectivity index (χ0n) is 11.4. The van der Waals surface area contributed by atoms with Gasteiger partial charge in [0.25, 0.3) is 0 Å². The largest absolute Gasteiger partial charge is 0.387 e. The average Bonchev–Trinajstić information content (AvgIpc) is 3.20. The molecule has 104 valence electrons. The smallest absolute Gasteiger partial charge is 0.234 e. The lowest BCUT2D eigenvalue weighted by Gasteiger charge is -2.14. The number of carbonyl (C=O) groups excluding carboxylic acids is 1. The van der Waals surface area contributed by atoms with Crippen molar-refractivity contribution in [2.45, 2.75) is 25.9 Å². The summed E-state index contributed by atoms with van der Waals surface area (Å²) in [4.78, 5) is 11.6. The van der Waals surface area contributed by atoms with Crippen molar-refractivity contribution < 1.29 is 9.90 Å². The topological polar surface area (TPSA) is 61.4 Å². The van der Waals surface area contributed by atoms with Crippen LogP contribution in [0.4, 0.5) is 0 Å². The Morgan fingerprint density at radius 3 is 2.84 bits per heavy atom. The highest BCUT2D eigenvalue weighted by molar-refractivity contribution is 5.78. The van der Waals surface area contributed by atoms with Gasteiger partial charge in [-0.05, 0) is 43.4 Å². The zero-order valence-corrected chi connectivity index (χ0v) is 11.4. The van der Waals surface area contributed by atoms with Gasteiger partial charge >= 0.3 is 0 Å². The van der Waals surface area contributed by atoms with Crippen LogP contribution in [0.25, 0.3) is 0 Å². The molecule has 1 aliphatic rings. The Bertz CT molecular complexity index is 430. The van der Waals surface area contributed by atoms with Crippen LogP contribution in [-0.4, -0.2) is 30.6 Å². The fourth-order valence-electron chi connectivity index (χ4n) is 2.06. The number of aryl methyl sites for hydroxylation is 1.